The molecule has 0 radical (unpaired) electrons. The fraction of sp³-hybridized carbons (Fsp3) is 0.385. The minimum absolute atomic E-state index is 0.696. The van der Waals surface area contributed by atoms with Gasteiger partial charge < -0.3 is 4.74 Å². The molecule has 0 saturated heterocycles. The van der Waals surface area contributed by atoms with Gasteiger partial charge in [0.1, 0.15) is 23.7 Å². The highest BCUT2D eigenvalue weighted by molar-refractivity contribution is 5.33. The molecule has 1 aromatic heterocycles. The van der Waals surface area contributed by atoms with E-state index in [1.165, 1.54) is 5.56 Å². The second-order valence-corrected chi connectivity index (χ2v) is 4.46. The maximum Gasteiger partial charge on any atom is 0.123 e. The Morgan fingerprint density at radius 1 is 1.28 bits per heavy atom. The molecule has 2 aromatic rings. The van der Waals surface area contributed by atoms with Gasteiger partial charge in [-0.05, 0) is 13.0 Å². The Kier molecular flexibility index (Phi) is 2.98. The largest absolute Gasteiger partial charge is 0.492 e. The number of nitrogens with zero attached hydrogens (tertiary/aromatic N) is 3. The minimum Gasteiger partial charge on any atom is -0.492 e. The minimum atomic E-state index is 0.696. The number of rotatable bonds is 2. The van der Waals surface area contributed by atoms with Crippen molar-refractivity contribution in [3.05, 3.63) is 41.2 Å². The van der Waals surface area contributed by atoms with Crippen LogP contribution in [0.25, 0.3) is 0 Å². The van der Waals surface area contributed by atoms with Crippen molar-refractivity contribution >= 4 is 0 Å². The first-order valence-electron chi connectivity index (χ1n) is 6.04. The molecule has 0 spiro atoms. The van der Waals surface area contributed by atoms with Crippen LogP contribution < -0.4 is 4.74 Å². The highest BCUT2D eigenvalue weighted by Gasteiger charge is 2.17. The first kappa shape index (κ1) is 11.2. The van der Waals surface area contributed by atoms with E-state index in [0.29, 0.717) is 6.61 Å². The smallest absolute Gasteiger partial charge is 0.123 e. The summed E-state index contributed by atoms with van der Waals surface area (Å²) in [4.78, 5) is 2.29. The van der Waals surface area contributed by atoms with Gasteiger partial charge in [0.05, 0.1) is 0 Å². The van der Waals surface area contributed by atoms with Crippen LogP contribution in [-0.2, 0) is 13.1 Å². The molecule has 5 nitrogen and oxygen atoms in total. The lowest BCUT2D eigenvalue weighted by molar-refractivity contribution is 0.212. The Morgan fingerprint density at radius 2 is 2.17 bits per heavy atom. The molecule has 1 aliphatic rings. The van der Waals surface area contributed by atoms with Crippen LogP contribution >= 0.6 is 0 Å². The van der Waals surface area contributed by atoms with Gasteiger partial charge in [-0.25, -0.2) is 4.63 Å². The Hall–Kier alpha value is -1.88. The number of benzene rings is 1. The standard InChI is InChI=1S/C13H15N3O2/c1-10-12(15-18-14-10)9-16-6-7-17-13-5-3-2-4-11(13)8-16/h2-5H,6-9H2,1H3. The Balaban J connectivity index is 1.77. The van der Waals surface area contributed by atoms with E-state index in [9.17, 15) is 0 Å². The van der Waals surface area contributed by atoms with Gasteiger partial charge in [-0.3, -0.25) is 4.90 Å². The van der Waals surface area contributed by atoms with E-state index < -0.39 is 0 Å². The first-order chi connectivity index (χ1) is 8.83. The zero-order valence-electron chi connectivity index (χ0n) is 10.3. The molecule has 0 fully saturated rings. The van der Waals surface area contributed by atoms with E-state index in [2.05, 4.69) is 21.3 Å². The van der Waals surface area contributed by atoms with Gasteiger partial charge in [-0.2, -0.15) is 0 Å². The molecule has 18 heavy (non-hydrogen) atoms. The van der Waals surface area contributed by atoms with Gasteiger partial charge in [0.15, 0.2) is 0 Å². The van der Waals surface area contributed by atoms with Crippen LogP contribution in [0.3, 0.4) is 0 Å². The fourth-order valence-electron chi connectivity index (χ4n) is 2.12. The molecule has 1 aromatic carbocycles. The summed E-state index contributed by atoms with van der Waals surface area (Å²) in [6.45, 7) is 5.09. The zero-order valence-corrected chi connectivity index (χ0v) is 10.3. The van der Waals surface area contributed by atoms with Crippen LogP contribution in [0, 0.1) is 6.92 Å². The maximum absolute atomic E-state index is 5.73. The third-order valence-corrected chi connectivity index (χ3v) is 3.15. The van der Waals surface area contributed by atoms with Gasteiger partial charge in [0.25, 0.3) is 0 Å². The molecule has 0 unspecified atom stereocenters. The monoisotopic (exact) mass is 245 g/mol. The number of fused-ring (bicyclic) bond motifs is 1. The Morgan fingerprint density at radius 3 is 3.00 bits per heavy atom. The van der Waals surface area contributed by atoms with Crippen LogP contribution in [0.15, 0.2) is 28.9 Å². The van der Waals surface area contributed by atoms with Crippen LogP contribution in [-0.4, -0.2) is 28.4 Å². The molecule has 2 heterocycles. The lowest BCUT2D eigenvalue weighted by atomic mass is 10.2. The SMILES string of the molecule is Cc1nonc1CN1CCOc2ccccc2C1. The van der Waals surface area contributed by atoms with Gasteiger partial charge in [-0.1, -0.05) is 28.5 Å². The van der Waals surface area contributed by atoms with Gasteiger partial charge >= 0.3 is 0 Å². The second-order valence-electron chi connectivity index (χ2n) is 4.46. The molecule has 94 valence electrons. The van der Waals surface area contributed by atoms with Crippen LogP contribution in [0.5, 0.6) is 5.75 Å². The van der Waals surface area contributed by atoms with E-state index >= 15 is 0 Å². The summed E-state index contributed by atoms with van der Waals surface area (Å²) < 4.78 is 10.5. The van der Waals surface area contributed by atoms with Crippen molar-refractivity contribution in [1.29, 1.82) is 0 Å². The summed E-state index contributed by atoms with van der Waals surface area (Å²) in [5, 5.41) is 7.73. The molecule has 1 aliphatic heterocycles. The van der Waals surface area contributed by atoms with Crippen LogP contribution in [0.4, 0.5) is 0 Å². The summed E-state index contributed by atoms with van der Waals surface area (Å²) in [5.74, 6) is 0.981. The summed E-state index contributed by atoms with van der Waals surface area (Å²) in [5.41, 5.74) is 2.96. The molecule has 0 amide bonds. The normalized spacial score (nSPS) is 15.8. The summed E-state index contributed by atoms with van der Waals surface area (Å²) in [7, 11) is 0. The number of hydrogen-bond acceptors (Lipinski definition) is 5. The molecular weight excluding hydrogens is 230 g/mol. The molecule has 5 heteroatoms. The van der Waals surface area contributed by atoms with Gasteiger partial charge in [-0.15, -0.1) is 0 Å². The zero-order chi connectivity index (χ0) is 12.4. The van der Waals surface area contributed by atoms with Crippen molar-refractivity contribution in [1.82, 2.24) is 15.2 Å². The van der Waals surface area contributed by atoms with Crippen molar-refractivity contribution in [3.63, 3.8) is 0 Å². The van der Waals surface area contributed by atoms with Crippen molar-refractivity contribution < 1.29 is 9.37 Å². The van der Waals surface area contributed by atoms with Gasteiger partial charge in [0, 0.05) is 25.2 Å². The van der Waals surface area contributed by atoms with E-state index in [0.717, 1.165) is 36.8 Å². The average molecular weight is 245 g/mol. The lowest BCUT2D eigenvalue weighted by Gasteiger charge is -2.17. The predicted octanol–water partition coefficient (Wildman–Crippen LogP) is 1.77. The van der Waals surface area contributed by atoms with Crippen molar-refractivity contribution in [2.75, 3.05) is 13.2 Å². The van der Waals surface area contributed by atoms with Crippen molar-refractivity contribution in [2.45, 2.75) is 20.0 Å². The average Bonchev–Trinajstić information content (AvgIpc) is 2.66. The van der Waals surface area contributed by atoms with Crippen molar-refractivity contribution in [2.24, 2.45) is 0 Å². The molecule has 0 atom stereocenters. The highest BCUT2D eigenvalue weighted by Crippen LogP contribution is 2.23. The first-order valence-corrected chi connectivity index (χ1v) is 6.04. The summed E-state index contributed by atoms with van der Waals surface area (Å²) in [6.07, 6.45) is 0. The Labute approximate surface area is 105 Å². The number of aryl methyl sites for hydroxylation is 1. The number of hydrogen-bond donors (Lipinski definition) is 0. The molecule has 0 aliphatic carbocycles. The topological polar surface area (TPSA) is 51.4 Å². The summed E-state index contributed by atoms with van der Waals surface area (Å²) in [6, 6.07) is 8.15. The van der Waals surface area contributed by atoms with E-state index in [4.69, 9.17) is 9.37 Å². The fourth-order valence-corrected chi connectivity index (χ4v) is 2.12. The van der Waals surface area contributed by atoms with Crippen LogP contribution in [0.2, 0.25) is 0 Å². The van der Waals surface area contributed by atoms with Crippen LogP contribution in [0.1, 0.15) is 17.0 Å². The third-order valence-electron chi connectivity index (χ3n) is 3.15. The molecule has 0 N–H and O–H groups in total. The lowest BCUT2D eigenvalue weighted by Crippen LogP contribution is -2.25. The second kappa shape index (κ2) is 4.78. The number of para-hydroxylation sites is 1. The Bertz CT molecular complexity index is 539. The third kappa shape index (κ3) is 2.22. The predicted molar refractivity (Wildman–Crippen MR) is 65.1 cm³/mol. The quantitative estimate of drug-likeness (QED) is 0.807. The number of aromatic nitrogens is 2. The molecule has 3 rings (SSSR count). The van der Waals surface area contributed by atoms with Gasteiger partial charge in [0.2, 0.25) is 0 Å². The maximum atomic E-state index is 5.73. The molecule has 0 saturated carbocycles. The summed E-state index contributed by atoms with van der Waals surface area (Å²) >= 11 is 0. The molecular formula is C13H15N3O2. The van der Waals surface area contributed by atoms with E-state index in [-0.39, 0.29) is 0 Å². The van der Waals surface area contributed by atoms with E-state index in [1.807, 2.05) is 25.1 Å². The highest BCUT2D eigenvalue weighted by atomic mass is 16.6. The van der Waals surface area contributed by atoms with Crippen molar-refractivity contribution in [3.8, 4) is 5.75 Å². The number of ether oxygens (including phenoxy) is 1. The van der Waals surface area contributed by atoms with E-state index in [1.54, 1.807) is 0 Å². The molecule has 0 bridgehead atoms.